The van der Waals surface area contributed by atoms with Crippen LogP contribution in [0.3, 0.4) is 0 Å². The Morgan fingerprint density at radius 1 is 0.364 bits per heavy atom. The second-order valence-electron chi connectivity index (χ2n) is 11.3. The van der Waals surface area contributed by atoms with Crippen LogP contribution in [0.5, 0.6) is 11.5 Å². The fourth-order valence-corrected chi connectivity index (χ4v) is 10.9. The maximum Gasteiger partial charge on any atom is 0.261 e. The summed E-state index contributed by atoms with van der Waals surface area (Å²) in [4.78, 5) is 0. The van der Waals surface area contributed by atoms with Gasteiger partial charge in [0.15, 0.2) is 0 Å². The Bertz CT molecular complexity index is 1480. The zero-order chi connectivity index (χ0) is 31.2. The maximum atomic E-state index is 14.9. The maximum absolute atomic E-state index is 14.9. The van der Waals surface area contributed by atoms with E-state index >= 15 is 0 Å². The first-order valence-corrected chi connectivity index (χ1v) is 18.6. The molecule has 0 aromatic heterocycles. The lowest BCUT2D eigenvalue weighted by atomic mass is 10.2. The molecule has 4 unspecified atom stereocenters. The van der Waals surface area contributed by atoms with Gasteiger partial charge < -0.3 is 9.05 Å². The first-order chi connectivity index (χ1) is 21.2. The van der Waals surface area contributed by atoms with Crippen LogP contribution in [-0.4, -0.2) is 0 Å². The van der Waals surface area contributed by atoms with E-state index in [0.717, 1.165) is 22.3 Å². The topological polar surface area (TPSA) is 52.6 Å². The van der Waals surface area contributed by atoms with Gasteiger partial charge in [-0.2, -0.15) is 0 Å². The van der Waals surface area contributed by atoms with Gasteiger partial charge in [0.05, 0.1) is 22.6 Å². The monoisotopic (exact) mass is 622 g/mol. The largest absolute Gasteiger partial charge is 0.442 e. The van der Waals surface area contributed by atoms with Crippen LogP contribution in [0.4, 0.5) is 0 Å². The summed E-state index contributed by atoms with van der Waals surface area (Å²) in [6.07, 6.45) is 0. The van der Waals surface area contributed by atoms with Crippen LogP contribution >= 0.6 is 14.7 Å². The highest BCUT2D eigenvalue weighted by Gasteiger charge is 2.41. The summed E-state index contributed by atoms with van der Waals surface area (Å²) in [5, 5.41) is 0. The van der Waals surface area contributed by atoms with Crippen molar-refractivity contribution in [3.05, 3.63) is 168 Å². The Labute approximate surface area is 262 Å². The molecular formula is C38H40O4P2. The van der Waals surface area contributed by atoms with Crippen molar-refractivity contribution in [1.29, 1.82) is 0 Å². The van der Waals surface area contributed by atoms with E-state index in [1.807, 2.05) is 149 Å². The molecule has 0 spiro atoms. The van der Waals surface area contributed by atoms with Crippen molar-refractivity contribution in [3.63, 3.8) is 0 Å². The Hall–Kier alpha value is -3.84. The molecule has 0 heterocycles. The van der Waals surface area contributed by atoms with E-state index in [9.17, 15) is 9.13 Å². The average molecular weight is 623 g/mol. The molecule has 5 rings (SSSR count). The van der Waals surface area contributed by atoms with Crippen LogP contribution in [0.15, 0.2) is 146 Å². The Morgan fingerprint density at radius 2 is 0.568 bits per heavy atom. The van der Waals surface area contributed by atoms with E-state index in [4.69, 9.17) is 9.05 Å². The Balaban J connectivity index is 1.45. The summed E-state index contributed by atoms with van der Waals surface area (Å²) in [6, 6.07) is 46.5. The van der Waals surface area contributed by atoms with Crippen molar-refractivity contribution in [3.8, 4) is 11.5 Å². The molecule has 0 amide bonds. The molecule has 0 saturated heterocycles. The van der Waals surface area contributed by atoms with Crippen molar-refractivity contribution in [2.24, 2.45) is 0 Å². The minimum Gasteiger partial charge on any atom is -0.442 e. The highest BCUT2D eigenvalue weighted by Crippen LogP contribution is 2.70. The third-order valence-corrected chi connectivity index (χ3v) is 15.1. The molecule has 0 fully saturated rings. The van der Waals surface area contributed by atoms with Crippen molar-refractivity contribution in [1.82, 2.24) is 0 Å². The van der Waals surface area contributed by atoms with Gasteiger partial charge in [-0.3, -0.25) is 9.13 Å². The fraction of sp³-hybridized carbons (Fsp3) is 0.211. The van der Waals surface area contributed by atoms with E-state index in [2.05, 4.69) is 0 Å². The van der Waals surface area contributed by atoms with Gasteiger partial charge >= 0.3 is 0 Å². The summed E-state index contributed by atoms with van der Waals surface area (Å²) in [5.41, 5.74) is 2.49. The third-order valence-electron chi connectivity index (χ3n) is 8.61. The highest BCUT2D eigenvalue weighted by atomic mass is 31.2. The van der Waals surface area contributed by atoms with Crippen molar-refractivity contribution >= 4 is 14.7 Å². The summed E-state index contributed by atoms with van der Waals surface area (Å²) in [7, 11) is -6.66. The van der Waals surface area contributed by atoms with Crippen LogP contribution in [0.25, 0.3) is 0 Å². The van der Waals surface area contributed by atoms with E-state index in [-0.39, 0.29) is 22.6 Å². The molecule has 0 N–H and O–H groups in total. The molecule has 4 atom stereocenters. The van der Waals surface area contributed by atoms with Gasteiger partial charge in [0.2, 0.25) is 0 Å². The molecule has 44 heavy (non-hydrogen) atoms. The molecule has 5 aromatic carbocycles. The summed E-state index contributed by atoms with van der Waals surface area (Å²) < 4.78 is 42.8. The van der Waals surface area contributed by atoms with Crippen LogP contribution in [0, 0.1) is 0 Å². The lowest BCUT2D eigenvalue weighted by molar-refractivity contribution is 0.453. The lowest BCUT2D eigenvalue weighted by Gasteiger charge is -2.32. The normalized spacial score (nSPS) is 16.8. The minimum atomic E-state index is -3.33. The molecule has 4 nitrogen and oxygen atoms in total. The summed E-state index contributed by atoms with van der Waals surface area (Å²) in [5.74, 6) is 0.960. The van der Waals surface area contributed by atoms with Crippen molar-refractivity contribution in [2.75, 3.05) is 0 Å². The predicted molar refractivity (Wildman–Crippen MR) is 182 cm³/mol. The number of rotatable bonds is 12. The summed E-state index contributed by atoms with van der Waals surface area (Å²) in [6.45, 7) is 7.89. The van der Waals surface area contributed by atoms with Crippen LogP contribution in [0.1, 0.15) is 72.6 Å². The van der Waals surface area contributed by atoms with Gasteiger partial charge in [-0.15, -0.1) is 0 Å². The molecular weight excluding hydrogens is 582 g/mol. The molecule has 226 valence electrons. The second-order valence-corrected chi connectivity index (χ2v) is 17.3. The van der Waals surface area contributed by atoms with E-state index in [1.54, 1.807) is 24.3 Å². The van der Waals surface area contributed by atoms with Crippen molar-refractivity contribution in [2.45, 2.75) is 50.3 Å². The molecule has 5 aromatic rings. The molecule has 6 heteroatoms. The first-order valence-electron chi connectivity index (χ1n) is 15.1. The van der Waals surface area contributed by atoms with Crippen molar-refractivity contribution < 1.29 is 18.2 Å². The molecule has 0 bridgehead atoms. The van der Waals surface area contributed by atoms with Crippen LogP contribution in [0.2, 0.25) is 0 Å². The Kier molecular flexibility index (Phi) is 9.94. The van der Waals surface area contributed by atoms with E-state index in [0.29, 0.717) is 11.5 Å². The molecule has 0 saturated carbocycles. The third kappa shape index (κ3) is 6.78. The quantitative estimate of drug-likeness (QED) is 0.130. The first kappa shape index (κ1) is 31.6. The molecule has 0 radical (unpaired) electrons. The number of hydrogen-bond donors (Lipinski definition) is 0. The van der Waals surface area contributed by atoms with Gasteiger partial charge in [0.1, 0.15) is 11.5 Å². The van der Waals surface area contributed by atoms with Gasteiger partial charge in [-0.25, -0.2) is 0 Å². The van der Waals surface area contributed by atoms with Gasteiger partial charge in [-0.05, 0) is 74.2 Å². The minimum absolute atomic E-state index is 0.339. The highest BCUT2D eigenvalue weighted by molar-refractivity contribution is 7.60. The second kappa shape index (κ2) is 13.9. The predicted octanol–water partition coefficient (Wildman–Crippen LogP) is 12.0. The SMILES string of the molecule is CC(c1ccccc1)P(=O)(Oc1ccc(OP(=O)(C(C)c2ccccc2)C(C)c2ccccc2)cc1)C(C)c1ccccc1. The average Bonchev–Trinajstić information content (AvgIpc) is 3.09. The molecule has 0 aliphatic rings. The number of hydrogen-bond acceptors (Lipinski definition) is 4. The Morgan fingerprint density at radius 3 is 0.773 bits per heavy atom. The smallest absolute Gasteiger partial charge is 0.261 e. The number of benzene rings is 5. The zero-order valence-corrected chi connectivity index (χ0v) is 27.5. The van der Waals surface area contributed by atoms with Gasteiger partial charge in [0.25, 0.3) is 14.7 Å². The van der Waals surface area contributed by atoms with E-state index < -0.39 is 14.7 Å². The van der Waals surface area contributed by atoms with Crippen LogP contribution < -0.4 is 9.05 Å². The zero-order valence-electron chi connectivity index (χ0n) is 25.7. The molecule has 0 aliphatic carbocycles. The lowest BCUT2D eigenvalue weighted by Crippen LogP contribution is -2.10. The standard InChI is InChI=1S/C38H40O4P2/c1-29(33-17-9-5-10-18-33)43(39,30(2)34-19-11-6-12-20-34)41-37-25-27-38(28-26-37)42-44(40,31(3)35-21-13-7-14-22-35)32(4)36-23-15-8-16-24-36/h5-32H,1-4H3. The van der Waals surface area contributed by atoms with E-state index in [1.165, 1.54) is 0 Å². The summed E-state index contributed by atoms with van der Waals surface area (Å²) >= 11 is 0. The fourth-order valence-electron chi connectivity index (χ4n) is 5.64. The van der Waals surface area contributed by atoms with Gasteiger partial charge in [0, 0.05) is 0 Å². The van der Waals surface area contributed by atoms with Crippen LogP contribution in [-0.2, 0) is 9.13 Å². The van der Waals surface area contributed by atoms with Gasteiger partial charge in [-0.1, -0.05) is 121 Å². The molecule has 0 aliphatic heterocycles.